The molecule has 0 radical (unpaired) electrons. The molecule has 2 unspecified atom stereocenters. The Morgan fingerprint density at radius 3 is 2.31 bits per heavy atom. The van der Waals surface area contributed by atoms with Gasteiger partial charge in [0.2, 0.25) is 0 Å². The zero-order valence-electron chi connectivity index (χ0n) is 23.2. The molecule has 0 nitrogen and oxygen atoms in total. The first-order valence-electron chi connectivity index (χ1n) is 14.7. The van der Waals surface area contributed by atoms with Crippen LogP contribution in [0.2, 0.25) is 0 Å². The van der Waals surface area contributed by atoms with Gasteiger partial charge in [0.05, 0.1) is 0 Å². The van der Waals surface area contributed by atoms with Crippen molar-refractivity contribution in [1.82, 2.24) is 0 Å². The van der Waals surface area contributed by atoms with Crippen LogP contribution < -0.4 is 0 Å². The van der Waals surface area contributed by atoms with E-state index < -0.39 is 6.60 Å². The van der Waals surface area contributed by atoms with Gasteiger partial charge < -0.3 is 0 Å². The molecule has 0 aromatic heterocycles. The molecular weight excluding hydrogens is 458 g/mol. The Labute approximate surface area is 219 Å². The van der Waals surface area contributed by atoms with E-state index in [-0.39, 0.29) is 0 Å². The van der Waals surface area contributed by atoms with E-state index in [0.717, 1.165) is 0 Å². The van der Waals surface area contributed by atoms with Crippen LogP contribution in [0.25, 0.3) is 6.08 Å². The number of benzene rings is 1. The molecule has 0 N–H and O–H groups in total. The molecule has 1 aliphatic carbocycles. The summed E-state index contributed by atoms with van der Waals surface area (Å²) in [6, 6.07) is 9.37. The van der Waals surface area contributed by atoms with E-state index in [1.807, 2.05) is 0 Å². The van der Waals surface area contributed by atoms with Gasteiger partial charge in [0.25, 0.3) is 0 Å². The number of unbranched alkanes of at least 4 members (excludes halogenated alkanes) is 7. The van der Waals surface area contributed by atoms with E-state index >= 15 is 0 Å². The number of allylic oxidation sites excluding steroid dienone is 5. The maximum absolute atomic E-state index is 2.73. The molecule has 2 aliphatic rings. The summed E-state index contributed by atoms with van der Waals surface area (Å²) >= 11 is 0. The third-order valence-corrected chi connectivity index (χ3v) is 20.7. The fourth-order valence-corrected chi connectivity index (χ4v) is 19.4. The van der Waals surface area contributed by atoms with Gasteiger partial charge >= 0.3 is 220 Å². The second-order valence-electron chi connectivity index (χ2n) is 11.2. The molecule has 1 aromatic rings. The molecule has 0 spiro atoms. The van der Waals surface area contributed by atoms with Crippen LogP contribution in [0.15, 0.2) is 54.6 Å². The first-order valence-corrected chi connectivity index (χ1v) is 18.6. The van der Waals surface area contributed by atoms with Gasteiger partial charge in [-0.05, 0) is 0 Å². The first-order chi connectivity index (χ1) is 17.1. The van der Waals surface area contributed by atoms with E-state index in [1.165, 1.54) is 94.7 Å². The van der Waals surface area contributed by atoms with E-state index in [1.54, 1.807) is 13.8 Å². The van der Waals surface area contributed by atoms with E-state index in [2.05, 4.69) is 94.2 Å². The van der Waals surface area contributed by atoms with Gasteiger partial charge in [-0.2, -0.15) is 0 Å². The summed E-state index contributed by atoms with van der Waals surface area (Å²) in [5.74, 6) is 2.50. The van der Waals surface area contributed by atoms with Crippen molar-refractivity contribution in [2.75, 3.05) is 18.5 Å². The van der Waals surface area contributed by atoms with E-state index in [4.69, 9.17) is 0 Å². The topological polar surface area (TPSA) is 0 Å². The molecule has 0 fully saturated rings. The van der Waals surface area contributed by atoms with Crippen molar-refractivity contribution in [2.45, 2.75) is 109 Å². The Bertz CT molecular complexity index is 895. The van der Waals surface area contributed by atoms with Crippen LogP contribution in [-0.4, -0.2) is 29.2 Å². The van der Waals surface area contributed by atoms with E-state index in [0.29, 0.717) is 10.6 Å². The Morgan fingerprint density at radius 1 is 0.886 bits per heavy atom. The van der Waals surface area contributed by atoms with Gasteiger partial charge in [0.15, 0.2) is 0 Å². The molecular formula is C33H52P2. The molecule has 1 aliphatic heterocycles. The van der Waals surface area contributed by atoms with Gasteiger partial charge in [-0.15, -0.1) is 0 Å². The minimum absolute atomic E-state index is 0.325. The molecule has 0 bridgehead atoms. The van der Waals surface area contributed by atoms with Crippen LogP contribution >= 0.6 is 14.8 Å². The number of hydrogen-bond acceptors (Lipinski definition) is 0. The molecule has 1 aromatic carbocycles. The average Bonchev–Trinajstić information content (AvgIpc) is 3.55. The second kappa shape index (κ2) is 13.5. The third kappa shape index (κ3) is 5.65. The maximum atomic E-state index is 2.73. The van der Waals surface area contributed by atoms with Gasteiger partial charge in [-0.3, -0.25) is 0 Å². The minimum atomic E-state index is -2.34. The Kier molecular flexibility index (Phi) is 11.1. The molecule has 2 heteroatoms. The summed E-state index contributed by atoms with van der Waals surface area (Å²) in [5, 5.41) is 0. The number of hydrogen-bond donors (Lipinski definition) is 0. The van der Waals surface area contributed by atoms with Crippen molar-refractivity contribution >= 4 is 26.7 Å². The molecule has 3 rings (SSSR count). The van der Waals surface area contributed by atoms with Gasteiger partial charge in [0, 0.05) is 0 Å². The van der Waals surface area contributed by atoms with Crippen molar-refractivity contribution < 1.29 is 0 Å². The Balaban J connectivity index is 2.12. The zero-order chi connectivity index (χ0) is 25.1. The second-order valence-corrected chi connectivity index (χ2v) is 19.2. The molecule has 1 heterocycles. The van der Waals surface area contributed by atoms with E-state index in [9.17, 15) is 0 Å². The van der Waals surface area contributed by atoms with Crippen molar-refractivity contribution in [3.8, 4) is 0 Å². The SMILES string of the molecule is CC=CCP(CCC)(CCCCCCCCC)(C1C=Cc2ccccc21)C1(CCCC)C=CC=P1. The predicted octanol–water partition coefficient (Wildman–Crippen LogP) is 11.2. The van der Waals surface area contributed by atoms with Gasteiger partial charge in [-0.25, -0.2) is 0 Å². The Hall–Kier alpha value is -0.960. The number of rotatable bonds is 17. The van der Waals surface area contributed by atoms with Gasteiger partial charge in [0.1, 0.15) is 0 Å². The summed E-state index contributed by atoms with van der Waals surface area (Å²) < 4.78 is 0. The van der Waals surface area contributed by atoms with Crippen LogP contribution in [0.5, 0.6) is 0 Å². The van der Waals surface area contributed by atoms with Crippen molar-refractivity contribution in [3.63, 3.8) is 0 Å². The summed E-state index contributed by atoms with van der Waals surface area (Å²) in [6.45, 7) is 7.08. The molecule has 2 atom stereocenters. The summed E-state index contributed by atoms with van der Waals surface area (Å²) in [6.07, 6.45) is 34.6. The van der Waals surface area contributed by atoms with Gasteiger partial charge in [-0.1, -0.05) is 0 Å². The fraction of sp³-hybridized carbons (Fsp3) is 0.606. The summed E-state index contributed by atoms with van der Waals surface area (Å²) in [5.41, 5.74) is 3.72. The standard InChI is InChI=1S/C33H52P2/c1-5-9-12-13-14-15-18-29-35(27-8-4,28-11-7-3,33(24-10-6-2)25-19-26-34-33)32-23-22-30-20-16-17-21-31(30)32/h7,11,16-17,19-23,25-26,32H,5-6,8-10,12-15,18,24,27-29H2,1-4H3. The van der Waals surface area contributed by atoms with Crippen LogP contribution in [0.3, 0.4) is 0 Å². The third-order valence-electron chi connectivity index (χ3n) is 9.09. The molecule has 0 saturated carbocycles. The average molecular weight is 511 g/mol. The zero-order valence-corrected chi connectivity index (χ0v) is 25.0. The number of fused-ring (bicyclic) bond motifs is 1. The normalized spacial score (nSPS) is 22.6. The monoisotopic (exact) mass is 510 g/mol. The quantitative estimate of drug-likeness (QED) is 0.111. The van der Waals surface area contributed by atoms with Crippen molar-refractivity contribution in [1.29, 1.82) is 0 Å². The van der Waals surface area contributed by atoms with Crippen LogP contribution in [-0.2, 0) is 0 Å². The molecule has 194 valence electrons. The molecule has 35 heavy (non-hydrogen) atoms. The van der Waals surface area contributed by atoms with Crippen molar-refractivity contribution in [2.24, 2.45) is 0 Å². The predicted molar refractivity (Wildman–Crippen MR) is 167 cm³/mol. The van der Waals surface area contributed by atoms with Crippen LogP contribution in [0.1, 0.15) is 115 Å². The Morgan fingerprint density at radius 2 is 1.63 bits per heavy atom. The van der Waals surface area contributed by atoms with Crippen LogP contribution in [0.4, 0.5) is 0 Å². The summed E-state index contributed by atoms with van der Waals surface area (Å²) in [7, 11) is 1.58. The summed E-state index contributed by atoms with van der Waals surface area (Å²) in [4.78, 5) is 0.325. The molecule has 0 saturated heterocycles. The molecule has 0 amide bonds. The first kappa shape index (κ1) is 28.6. The fourth-order valence-electron chi connectivity index (χ4n) is 7.34. The van der Waals surface area contributed by atoms with Crippen LogP contribution in [0, 0.1) is 0 Å². The van der Waals surface area contributed by atoms with Crippen molar-refractivity contribution in [3.05, 3.63) is 65.8 Å².